The molecule has 0 unspecified atom stereocenters. The summed E-state index contributed by atoms with van der Waals surface area (Å²) in [5.74, 6) is -1.51. The highest BCUT2D eigenvalue weighted by molar-refractivity contribution is 5.19. The van der Waals surface area contributed by atoms with Gasteiger partial charge in [-0.3, -0.25) is 0 Å². The van der Waals surface area contributed by atoms with Crippen LogP contribution in [-0.2, 0) is 6.54 Å². The van der Waals surface area contributed by atoms with Gasteiger partial charge in [0.15, 0.2) is 11.6 Å². The molecule has 0 spiro atoms. The maximum absolute atomic E-state index is 13.2. The predicted molar refractivity (Wildman–Crippen MR) is 50.8 cm³/mol. The Morgan fingerprint density at radius 1 is 1.36 bits per heavy atom. The highest BCUT2D eigenvalue weighted by Crippen LogP contribution is 2.34. The van der Waals surface area contributed by atoms with Gasteiger partial charge in [-0.15, -0.1) is 0 Å². The van der Waals surface area contributed by atoms with Crippen LogP contribution in [0.15, 0.2) is 18.2 Å². The summed E-state index contributed by atoms with van der Waals surface area (Å²) in [6, 6.07) is 4.28. The Labute approximate surface area is 82.1 Å². The molecule has 1 N–H and O–H groups in total. The molecule has 3 heteroatoms. The minimum Gasteiger partial charge on any atom is -0.307 e. The normalized spacial score (nSPS) is 18.2. The van der Waals surface area contributed by atoms with E-state index in [1.165, 1.54) is 6.07 Å². The Balaban J connectivity index is 2.05. The van der Waals surface area contributed by atoms with E-state index in [4.69, 9.17) is 0 Å². The van der Waals surface area contributed by atoms with E-state index in [9.17, 15) is 8.78 Å². The van der Waals surface area contributed by atoms with Gasteiger partial charge in [0.2, 0.25) is 0 Å². The molecule has 0 radical (unpaired) electrons. The summed E-state index contributed by atoms with van der Waals surface area (Å²) >= 11 is 0. The number of rotatable bonds is 3. The SMILES string of the molecule is CC1(NCc2cccc(F)c2F)CC1. The fourth-order valence-corrected chi connectivity index (χ4v) is 1.36. The van der Waals surface area contributed by atoms with Gasteiger partial charge in [0.1, 0.15) is 0 Å². The first-order chi connectivity index (χ1) is 6.61. The third-order valence-corrected chi connectivity index (χ3v) is 2.74. The molecule has 1 aliphatic carbocycles. The number of hydrogen-bond acceptors (Lipinski definition) is 1. The number of halogens is 2. The maximum Gasteiger partial charge on any atom is 0.163 e. The van der Waals surface area contributed by atoms with E-state index in [0.717, 1.165) is 18.9 Å². The second-order valence-corrected chi connectivity index (χ2v) is 4.13. The summed E-state index contributed by atoms with van der Waals surface area (Å²) in [4.78, 5) is 0. The first kappa shape index (κ1) is 9.59. The van der Waals surface area contributed by atoms with E-state index in [-0.39, 0.29) is 5.54 Å². The molecule has 1 aromatic rings. The van der Waals surface area contributed by atoms with Gasteiger partial charge in [0.25, 0.3) is 0 Å². The quantitative estimate of drug-likeness (QED) is 0.785. The smallest absolute Gasteiger partial charge is 0.163 e. The number of hydrogen-bond donors (Lipinski definition) is 1. The van der Waals surface area contributed by atoms with Crippen molar-refractivity contribution < 1.29 is 8.78 Å². The fourth-order valence-electron chi connectivity index (χ4n) is 1.36. The maximum atomic E-state index is 13.2. The van der Waals surface area contributed by atoms with Gasteiger partial charge in [-0.05, 0) is 25.8 Å². The van der Waals surface area contributed by atoms with E-state index in [1.807, 2.05) is 0 Å². The average Bonchev–Trinajstić information content (AvgIpc) is 2.88. The molecule has 1 fully saturated rings. The minimum atomic E-state index is -0.773. The van der Waals surface area contributed by atoms with Gasteiger partial charge in [-0.2, -0.15) is 0 Å². The summed E-state index contributed by atoms with van der Waals surface area (Å²) in [6.45, 7) is 2.49. The van der Waals surface area contributed by atoms with Gasteiger partial charge in [0, 0.05) is 17.6 Å². The molecular formula is C11H13F2N. The topological polar surface area (TPSA) is 12.0 Å². The Bertz CT molecular complexity index is 345. The third-order valence-electron chi connectivity index (χ3n) is 2.74. The Morgan fingerprint density at radius 3 is 2.71 bits per heavy atom. The molecule has 0 amide bonds. The molecule has 0 aromatic heterocycles. The van der Waals surface area contributed by atoms with E-state index in [2.05, 4.69) is 12.2 Å². The van der Waals surface area contributed by atoms with Crippen molar-refractivity contribution >= 4 is 0 Å². The lowest BCUT2D eigenvalue weighted by Gasteiger charge is -2.11. The zero-order chi connectivity index (χ0) is 10.2. The second-order valence-electron chi connectivity index (χ2n) is 4.13. The lowest BCUT2D eigenvalue weighted by atomic mass is 10.2. The van der Waals surface area contributed by atoms with Crippen molar-refractivity contribution in [2.45, 2.75) is 31.8 Å². The number of nitrogens with one attached hydrogen (secondary N) is 1. The summed E-state index contributed by atoms with van der Waals surface area (Å²) in [5.41, 5.74) is 0.553. The van der Waals surface area contributed by atoms with E-state index < -0.39 is 11.6 Å². The van der Waals surface area contributed by atoms with Crippen molar-refractivity contribution in [3.8, 4) is 0 Å². The summed E-state index contributed by atoms with van der Waals surface area (Å²) in [6.07, 6.45) is 2.23. The summed E-state index contributed by atoms with van der Waals surface area (Å²) in [5, 5.41) is 3.21. The van der Waals surface area contributed by atoms with E-state index in [0.29, 0.717) is 12.1 Å². The lowest BCUT2D eigenvalue weighted by molar-refractivity contribution is 0.477. The molecule has 2 rings (SSSR count). The first-order valence-corrected chi connectivity index (χ1v) is 4.79. The van der Waals surface area contributed by atoms with Gasteiger partial charge >= 0.3 is 0 Å². The summed E-state index contributed by atoms with van der Waals surface area (Å²) in [7, 11) is 0. The monoisotopic (exact) mass is 197 g/mol. The van der Waals surface area contributed by atoms with Crippen LogP contribution in [0.25, 0.3) is 0 Å². The number of benzene rings is 1. The van der Waals surface area contributed by atoms with Crippen LogP contribution in [0.5, 0.6) is 0 Å². The Kier molecular flexibility index (Phi) is 2.27. The van der Waals surface area contributed by atoms with Gasteiger partial charge in [-0.25, -0.2) is 8.78 Å². The average molecular weight is 197 g/mol. The fraction of sp³-hybridized carbons (Fsp3) is 0.455. The molecule has 0 aliphatic heterocycles. The molecule has 1 nitrogen and oxygen atoms in total. The van der Waals surface area contributed by atoms with Crippen molar-refractivity contribution in [3.05, 3.63) is 35.4 Å². The van der Waals surface area contributed by atoms with E-state index in [1.54, 1.807) is 6.07 Å². The minimum absolute atomic E-state index is 0.152. The van der Waals surface area contributed by atoms with Crippen LogP contribution in [-0.4, -0.2) is 5.54 Å². The molecule has 14 heavy (non-hydrogen) atoms. The van der Waals surface area contributed by atoms with Crippen LogP contribution >= 0.6 is 0 Å². The molecule has 0 atom stereocenters. The van der Waals surface area contributed by atoms with Gasteiger partial charge in [0.05, 0.1) is 0 Å². The molecule has 1 aliphatic rings. The predicted octanol–water partition coefficient (Wildman–Crippen LogP) is 2.61. The zero-order valence-electron chi connectivity index (χ0n) is 8.11. The molecule has 0 saturated heterocycles. The lowest BCUT2D eigenvalue weighted by Crippen LogP contribution is -2.27. The van der Waals surface area contributed by atoms with Crippen molar-refractivity contribution in [2.75, 3.05) is 0 Å². The van der Waals surface area contributed by atoms with Crippen LogP contribution < -0.4 is 5.32 Å². The molecular weight excluding hydrogens is 184 g/mol. The Hall–Kier alpha value is -0.960. The molecule has 76 valence electrons. The van der Waals surface area contributed by atoms with E-state index >= 15 is 0 Å². The highest BCUT2D eigenvalue weighted by atomic mass is 19.2. The van der Waals surface area contributed by atoms with Crippen molar-refractivity contribution in [3.63, 3.8) is 0 Å². The van der Waals surface area contributed by atoms with Crippen LogP contribution in [0.3, 0.4) is 0 Å². The molecule has 1 aromatic carbocycles. The second kappa shape index (κ2) is 3.31. The molecule has 0 bridgehead atoms. The highest BCUT2D eigenvalue weighted by Gasteiger charge is 2.36. The van der Waals surface area contributed by atoms with Gasteiger partial charge in [-0.1, -0.05) is 12.1 Å². The Morgan fingerprint density at radius 2 is 2.07 bits per heavy atom. The van der Waals surface area contributed by atoms with Crippen LogP contribution in [0.2, 0.25) is 0 Å². The largest absolute Gasteiger partial charge is 0.307 e. The van der Waals surface area contributed by atoms with Crippen molar-refractivity contribution in [2.24, 2.45) is 0 Å². The summed E-state index contributed by atoms with van der Waals surface area (Å²) < 4.78 is 26.0. The van der Waals surface area contributed by atoms with Crippen LogP contribution in [0.4, 0.5) is 8.78 Å². The standard InChI is InChI=1S/C11H13F2N/c1-11(5-6-11)14-7-8-3-2-4-9(12)10(8)13/h2-4,14H,5-7H2,1H3. The van der Waals surface area contributed by atoms with Gasteiger partial charge < -0.3 is 5.32 Å². The molecule has 1 saturated carbocycles. The van der Waals surface area contributed by atoms with Crippen molar-refractivity contribution in [1.29, 1.82) is 0 Å². The molecule has 0 heterocycles. The van der Waals surface area contributed by atoms with Crippen LogP contribution in [0.1, 0.15) is 25.3 Å². The van der Waals surface area contributed by atoms with Crippen molar-refractivity contribution in [1.82, 2.24) is 5.32 Å². The van der Waals surface area contributed by atoms with Crippen LogP contribution in [0, 0.1) is 11.6 Å². The zero-order valence-corrected chi connectivity index (χ0v) is 8.11. The third kappa shape index (κ3) is 1.93. The first-order valence-electron chi connectivity index (χ1n) is 4.79.